The summed E-state index contributed by atoms with van der Waals surface area (Å²) >= 11 is 1.44. The Balaban J connectivity index is 2.61. The number of carbonyl (C=O) groups excluding carboxylic acids is 1. The monoisotopic (exact) mass is 303 g/mol. The molecule has 0 radical (unpaired) electrons. The maximum absolute atomic E-state index is 12.4. The van der Waals surface area contributed by atoms with Crippen molar-refractivity contribution in [1.29, 1.82) is 0 Å². The van der Waals surface area contributed by atoms with Gasteiger partial charge in [0.05, 0.1) is 6.10 Å². The minimum absolute atomic E-state index is 0.163. The molecule has 0 bridgehead atoms. The van der Waals surface area contributed by atoms with E-state index in [-0.39, 0.29) is 12.1 Å². The summed E-state index contributed by atoms with van der Waals surface area (Å²) in [6.45, 7) is 9.77. The number of nitrogen functional groups attached to an aromatic ring is 1. The third-order valence-electron chi connectivity index (χ3n) is 3.31. The molecule has 2 N–H and O–H groups in total. The van der Waals surface area contributed by atoms with Gasteiger partial charge in [0.15, 0.2) is 0 Å². The largest absolute Gasteiger partial charge is 0.459 e. The Labute approximate surface area is 129 Å². The van der Waals surface area contributed by atoms with Crippen LogP contribution in [0.5, 0.6) is 0 Å². The molecule has 2 aromatic rings. The lowest BCUT2D eigenvalue weighted by Crippen LogP contribution is -2.13. The Morgan fingerprint density at radius 3 is 2.48 bits per heavy atom. The highest BCUT2D eigenvalue weighted by atomic mass is 32.1. The van der Waals surface area contributed by atoms with E-state index >= 15 is 0 Å². The fourth-order valence-electron chi connectivity index (χ4n) is 2.46. The van der Waals surface area contributed by atoms with Crippen molar-refractivity contribution in [2.24, 2.45) is 0 Å². The van der Waals surface area contributed by atoms with Gasteiger partial charge in [0, 0.05) is 10.4 Å². The van der Waals surface area contributed by atoms with Gasteiger partial charge < -0.3 is 10.5 Å². The molecular weight excluding hydrogens is 282 g/mol. The van der Waals surface area contributed by atoms with Gasteiger partial charge in [-0.25, -0.2) is 4.79 Å². The second-order valence-corrected chi connectivity index (χ2v) is 6.80. The van der Waals surface area contributed by atoms with Crippen LogP contribution in [-0.4, -0.2) is 12.1 Å². The van der Waals surface area contributed by atoms with Crippen LogP contribution in [0.25, 0.3) is 11.1 Å². The molecule has 0 fully saturated rings. The van der Waals surface area contributed by atoms with Crippen molar-refractivity contribution in [2.45, 2.75) is 40.7 Å². The van der Waals surface area contributed by atoms with E-state index in [0.717, 1.165) is 21.6 Å². The molecule has 0 aliphatic heterocycles. The SMILES string of the molecule is Cc1ccc(-c2c(C)sc(N)c2C(=O)OC(C)C)c(C)c1. The lowest BCUT2D eigenvalue weighted by atomic mass is 9.96. The van der Waals surface area contributed by atoms with Crippen molar-refractivity contribution in [1.82, 2.24) is 0 Å². The molecule has 1 aromatic carbocycles. The molecule has 3 nitrogen and oxygen atoms in total. The minimum atomic E-state index is -0.346. The Kier molecular flexibility index (Phi) is 4.37. The molecule has 4 heteroatoms. The molecule has 0 aliphatic rings. The van der Waals surface area contributed by atoms with Crippen molar-refractivity contribution in [3.63, 3.8) is 0 Å². The number of benzene rings is 1. The van der Waals surface area contributed by atoms with E-state index in [4.69, 9.17) is 10.5 Å². The van der Waals surface area contributed by atoms with Gasteiger partial charge in [-0.05, 0) is 45.7 Å². The average Bonchev–Trinajstić information content (AvgIpc) is 2.63. The lowest BCUT2D eigenvalue weighted by Gasteiger charge is -2.12. The molecule has 0 spiro atoms. The Morgan fingerprint density at radius 2 is 1.90 bits per heavy atom. The third kappa shape index (κ3) is 3.10. The van der Waals surface area contributed by atoms with Gasteiger partial charge >= 0.3 is 5.97 Å². The summed E-state index contributed by atoms with van der Waals surface area (Å²) in [6.07, 6.45) is -0.163. The fraction of sp³-hybridized carbons (Fsp3) is 0.353. The Morgan fingerprint density at radius 1 is 1.24 bits per heavy atom. The molecule has 0 saturated heterocycles. The summed E-state index contributed by atoms with van der Waals surface area (Å²) in [4.78, 5) is 13.4. The molecule has 112 valence electrons. The van der Waals surface area contributed by atoms with Gasteiger partial charge in [-0.2, -0.15) is 0 Å². The third-order valence-corrected chi connectivity index (χ3v) is 4.24. The van der Waals surface area contributed by atoms with Gasteiger partial charge in [0.1, 0.15) is 10.6 Å². The normalized spacial score (nSPS) is 11.0. The number of aryl methyl sites for hydroxylation is 3. The lowest BCUT2D eigenvalue weighted by molar-refractivity contribution is 0.0380. The van der Waals surface area contributed by atoms with E-state index in [1.807, 2.05) is 39.8 Å². The molecule has 0 atom stereocenters. The zero-order valence-electron chi connectivity index (χ0n) is 13.1. The molecule has 1 aromatic heterocycles. The first kappa shape index (κ1) is 15.6. The van der Waals surface area contributed by atoms with Gasteiger partial charge in [-0.1, -0.05) is 23.8 Å². The number of anilines is 1. The smallest absolute Gasteiger partial charge is 0.342 e. The van der Waals surface area contributed by atoms with Crippen LogP contribution in [0.3, 0.4) is 0 Å². The molecule has 0 aliphatic carbocycles. The van der Waals surface area contributed by atoms with E-state index in [9.17, 15) is 4.79 Å². The Bertz CT molecular complexity index is 686. The van der Waals surface area contributed by atoms with Gasteiger partial charge in [0.25, 0.3) is 0 Å². The predicted molar refractivity (Wildman–Crippen MR) is 88.9 cm³/mol. The van der Waals surface area contributed by atoms with Gasteiger partial charge in [0.2, 0.25) is 0 Å². The van der Waals surface area contributed by atoms with Crippen molar-refractivity contribution in [3.05, 3.63) is 39.8 Å². The predicted octanol–water partition coefficient (Wildman–Crippen LogP) is 4.49. The first-order valence-corrected chi connectivity index (χ1v) is 7.80. The van der Waals surface area contributed by atoms with Crippen molar-refractivity contribution < 1.29 is 9.53 Å². The van der Waals surface area contributed by atoms with Crippen LogP contribution >= 0.6 is 11.3 Å². The van der Waals surface area contributed by atoms with Crippen LogP contribution < -0.4 is 5.73 Å². The maximum Gasteiger partial charge on any atom is 0.342 e. The van der Waals surface area contributed by atoms with E-state index < -0.39 is 0 Å². The number of carbonyl (C=O) groups is 1. The highest BCUT2D eigenvalue weighted by molar-refractivity contribution is 7.16. The summed E-state index contributed by atoms with van der Waals surface area (Å²) in [5, 5.41) is 0.521. The number of esters is 1. The highest BCUT2D eigenvalue weighted by Crippen LogP contribution is 2.40. The first-order valence-electron chi connectivity index (χ1n) is 6.98. The molecule has 2 rings (SSSR count). The highest BCUT2D eigenvalue weighted by Gasteiger charge is 2.24. The standard InChI is InChI=1S/C17H21NO2S/c1-9(2)20-17(19)15-14(12(5)21-16(15)18)13-7-6-10(3)8-11(13)4/h6-9H,18H2,1-5H3. The van der Waals surface area contributed by atoms with E-state index in [2.05, 4.69) is 13.0 Å². The van der Waals surface area contributed by atoms with Crippen molar-refractivity contribution in [2.75, 3.05) is 5.73 Å². The van der Waals surface area contributed by atoms with Crippen LogP contribution in [0.2, 0.25) is 0 Å². The maximum atomic E-state index is 12.4. The second-order valence-electron chi connectivity index (χ2n) is 5.54. The molecule has 1 heterocycles. The summed E-state index contributed by atoms with van der Waals surface area (Å²) in [6, 6.07) is 6.21. The van der Waals surface area contributed by atoms with Crippen molar-refractivity contribution >= 4 is 22.3 Å². The second kappa shape index (κ2) is 5.90. The molecule has 0 amide bonds. The van der Waals surface area contributed by atoms with E-state index in [0.29, 0.717) is 10.6 Å². The summed E-state index contributed by atoms with van der Waals surface area (Å²) in [5.41, 5.74) is 10.8. The van der Waals surface area contributed by atoms with Crippen LogP contribution in [0.4, 0.5) is 5.00 Å². The molecule has 0 unspecified atom stereocenters. The number of hydrogen-bond acceptors (Lipinski definition) is 4. The van der Waals surface area contributed by atoms with Crippen LogP contribution in [0.1, 0.15) is 40.2 Å². The number of hydrogen-bond donors (Lipinski definition) is 1. The van der Waals surface area contributed by atoms with Crippen LogP contribution in [0, 0.1) is 20.8 Å². The average molecular weight is 303 g/mol. The topological polar surface area (TPSA) is 52.3 Å². The number of nitrogens with two attached hydrogens (primary N) is 1. The zero-order chi connectivity index (χ0) is 15.7. The number of thiophene rings is 1. The zero-order valence-corrected chi connectivity index (χ0v) is 13.9. The van der Waals surface area contributed by atoms with Crippen LogP contribution in [-0.2, 0) is 4.74 Å². The summed E-state index contributed by atoms with van der Waals surface area (Å²) in [5.74, 6) is -0.346. The van der Waals surface area contributed by atoms with Crippen molar-refractivity contribution in [3.8, 4) is 11.1 Å². The first-order chi connectivity index (χ1) is 9.81. The number of ether oxygens (including phenoxy) is 1. The van der Waals surface area contributed by atoms with E-state index in [1.54, 1.807) is 0 Å². The van der Waals surface area contributed by atoms with Crippen LogP contribution in [0.15, 0.2) is 18.2 Å². The van der Waals surface area contributed by atoms with Gasteiger partial charge in [-0.15, -0.1) is 11.3 Å². The Hall–Kier alpha value is -1.81. The molecule has 21 heavy (non-hydrogen) atoms. The minimum Gasteiger partial charge on any atom is -0.459 e. The summed E-state index contributed by atoms with van der Waals surface area (Å²) < 4.78 is 5.34. The molecule has 0 saturated carbocycles. The number of rotatable bonds is 3. The molecular formula is C17H21NO2S. The quantitative estimate of drug-likeness (QED) is 0.850. The summed E-state index contributed by atoms with van der Waals surface area (Å²) in [7, 11) is 0. The van der Waals surface area contributed by atoms with E-state index in [1.165, 1.54) is 16.9 Å². The fourth-order valence-corrected chi connectivity index (χ4v) is 3.39. The van der Waals surface area contributed by atoms with Gasteiger partial charge in [-0.3, -0.25) is 0 Å².